The number of furan rings is 1. The largest absolute Gasteiger partial charge is 0.465 e. The van der Waals surface area contributed by atoms with Crippen molar-refractivity contribution in [2.24, 2.45) is 0 Å². The first-order valence-electron chi connectivity index (χ1n) is 8.23. The molecule has 6 nitrogen and oxygen atoms in total. The van der Waals surface area contributed by atoms with Crippen molar-refractivity contribution in [3.05, 3.63) is 72.2 Å². The summed E-state index contributed by atoms with van der Waals surface area (Å²) < 4.78 is 10.2. The summed E-state index contributed by atoms with van der Waals surface area (Å²) in [5, 5.41) is 13.8. The normalized spacial score (nSPS) is 12.2. The van der Waals surface area contributed by atoms with Gasteiger partial charge in [0.1, 0.15) is 17.4 Å². The van der Waals surface area contributed by atoms with Gasteiger partial charge in [0, 0.05) is 17.1 Å². The lowest BCUT2D eigenvalue weighted by molar-refractivity contribution is -0.148. The van der Waals surface area contributed by atoms with Crippen molar-refractivity contribution in [3.8, 4) is 6.07 Å². The van der Waals surface area contributed by atoms with Crippen LogP contribution in [0.25, 0.3) is 16.8 Å². The second-order valence-corrected chi connectivity index (χ2v) is 5.75. The molecule has 0 unspecified atom stereocenters. The Hall–Kier alpha value is -3.85. The lowest BCUT2D eigenvalue weighted by Crippen LogP contribution is -2.30. The first-order chi connectivity index (χ1) is 13.1. The summed E-state index contributed by atoms with van der Waals surface area (Å²) in [5.74, 6) is -1.04. The predicted molar refractivity (Wildman–Crippen MR) is 100 cm³/mol. The number of fused-ring (bicyclic) bond motifs is 1. The molecule has 27 heavy (non-hydrogen) atoms. The van der Waals surface area contributed by atoms with Crippen LogP contribution < -0.4 is 5.32 Å². The molecule has 0 aliphatic rings. The zero-order valence-electron chi connectivity index (χ0n) is 14.5. The number of nitriles is 1. The van der Waals surface area contributed by atoms with Gasteiger partial charge in [-0.25, -0.2) is 4.79 Å². The maximum atomic E-state index is 12.4. The predicted octanol–water partition coefficient (Wildman–Crippen LogP) is 3.91. The van der Waals surface area contributed by atoms with Gasteiger partial charge in [0.25, 0.3) is 5.91 Å². The number of hydrogen-bond acceptors (Lipinski definition) is 5. The Labute approximate surface area is 155 Å². The van der Waals surface area contributed by atoms with Crippen molar-refractivity contribution in [1.82, 2.24) is 0 Å². The van der Waals surface area contributed by atoms with Gasteiger partial charge in [-0.1, -0.05) is 36.4 Å². The topological polar surface area (TPSA) is 92.3 Å². The van der Waals surface area contributed by atoms with Gasteiger partial charge in [-0.05, 0) is 30.5 Å². The molecule has 1 N–H and O–H groups in total. The summed E-state index contributed by atoms with van der Waals surface area (Å²) in [6, 6.07) is 18.1. The third kappa shape index (κ3) is 4.22. The zero-order chi connectivity index (χ0) is 19.2. The Morgan fingerprint density at radius 1 is 1.15 bits per heavy atom. The first-order valence-corrected chi connectivity index (χ1v) is 8.23. The maximum absolute atomic E-state index is 12.4. The number of esters is 1. The van der Waals surface area contributed by atoms with Crippen LogP contribution >= 0.6 is 0 Å². The molecule has 1 heterocycles. The van der Waals surface area contributed by atoms with E-state index in [9.17, 15) is 9.59 Å². The Bertz CT molecular complexity index is 1040. The van der Waals surface area contributed by atoms with Crippen LogP contribution in [-0.4, -0.2) is 18.0 Å². The number of carbonyl (C=O) groups is 2. The van der Waals surface area contributed by atoms with Crippen LogP contribution in [0.5, 0.6) is 0 Å². The smallest absolute Gasteiger partial charge is 0.349 e. The molecule has 3 aromatic rings. The molecule has 1 aromatic heterocycles. The molecule has 0 saturated carbocycles. The van der Waals surface area contributed by atoms with Crippen LogP contribution in [-0.2, 0) is 14.3 Å². The average Bonchev–Trinajstić information content (AvgIpc) is 3.19. The molecule has 0 spiro atoms. The van der Waals surface area contributed by atoms with E-state index < -0.39 is 18.0 Å². The third-order valence-electron chi connectivity index (χ3n) is 3.87. The molecule has 0 saturated heterocycles. The lowest BCUT2D eigenvalue weighted by atomic mass is 10.1. The summed E-state index contributed by atoms with van der Waals surface area (Å²) in [4.78, 5) is 24.6. The average molecular weight is 360 g/mol. The van der Waals surface area contributed by atoms with Crippen LogP contribution in [0.1, 0.15) is 12.7 Å². The van der Waals surface area contributed by atoms with Gasteiger partial charge in [-0.15, -0.1) is 0 Å². The molecular weight excluding hydrogens is 344 g/mol. The van der Waals surface area contributed by atoms with Crippen LogP contribution in [0.2, 0.25) is 0 Å². The molecule has 0 radical (unpaired) electrons. The number of benzene rings is 2. The molecule has 3 rings (SSSR count). The summed E-state index contributed by atoms with van der Waals surface area (Å²) >= 11 is 0. The van der Waals surface area contributed by atoms with Crippen molar-refractivity contribution in [3.63, 3.8) is 0 Å². The summed E-state index contributed by atoms with van der Waals surface area (Å²) in [6.45, 7) is 1.44. The summed E-state index contributed by atoms with van der Waals surface area (Å²) in [5.41, 5.74) is 0.363. The third-order valence-corrected chi connectivity index (χ3v) is 3.87. The first kappa shape index (κ1) is 18.0. The second-order valence-electron chi connectivity index (χ2n) is 5.75. The molecule has 0 bridgehead atoms. The minimum atomic E-state index is -1.08. The van der Waals surface area contributed by atoms with Gasteiger partial charge < -0.3 is 14.5 Å². The molecule has 0 aliphatic carbocycles. The van der Waals surface area contributed by atoms with E-state index in [0.717, 1.165) is 10.8 Å². The van der Waals surface area contributed by atoms with Crippen molar-refractivity contribution < 1.29 is 18.7 Å². The van der Waals surface area contributed by atoms with Crippen LogP contribution in [0.4, 0.5) is 5.69 Å². The van der Waals surface area contributed by atoms with Gasteiger partial charge in [-0.3, -0.25) is 4.79 Å². The van der Waals surface area contributed by atoms with E-state index in [1.807, 2.05) is 36.4 Å². The fourth-order valence-corrected chi connectivity index (χ4v) is 2.50. The van der Waals surface area contributed by atoms with E-state index in [1.165, 1.54) is 19.3 Å². The fraction of sp³-hybridized carbons (Fsp3) is 0.0952. The van der Waals surface area contributed by atoms with Crippen LogP contribution in [0, 0.1) is 11.3 Å². The number of ether oxygens (including phenoxy) is 1. The number of rotatable bonds is 5. The Morgan fingerprint density at radius 3 is 2.67 bits per heavy atom. The van der Waals surface area contributed by atoms with E-state index in [4.69, 9.17) is 14.4 Å². The standard InChI is InChI=1S/C21H16N2O4/c1-14(27-21(25)16(13-22)12-17-8-5-11-26-17)20(24)23-19-10-4-7-15-6-2-3-9-18(15)19/h2-12,14H,1H3,(H,23,24)/b16-12+/t14-/m1/s1. The van der Waals surface area contributed by atoms with Crippen molar-refractivity contribution in [2.75, 3.05) is 5.32 Å². The molecule has 6 heteroatoms. The van der Waals surface area contributed by atoms with Gasteiger partial charge in [0.05, 0.1) is 6.26 Å². The quantitative estimate of drug-likeness (QED) is 0.423. The number of anilines is 1. The highest BCUT2D eigenvalue weighted by Crippen LogP contribution is 2.23. The number of nitrogens with zero attached hydrogens (tertiary/aromatic N) is 1. The monoisotopic (exact) mass is 360 g/mol. The molecule has 0 fully saturated rings. The highest BCUT2D eigenvalue weighted by molar-refractivity contribution is 6.05. The van der Waals surface area contributed by atoms with Gasteiger partial charge in [-0.2, -0.15) is 5.26 Å². The number of amides is 1. The van der Waals surface area contributed by atoms with E-state index >= 15 is 0 Å². The highest BCUT2D eigenvalue weighted by Gasteiger charge is 2.21. The van der Waals surface area contributed by atoms with Crippen LogP contribution in [0.15, 0.2) is 70.9 Å². The number of hydrogen-bond donors (Lipinski definition) is 1. The number of carbonyl (C=O) groups excluding carboxylic acids is 2. The zero-order valence-corrected chi connectivity index (χ0v) is 14.5. The molecule has 0 aliphatic heterocycles. The fourth-order valence-electron chi connectivity index (χ4n) is 2.50. The van der Waals surface area contributed by atoms with E-state index in [-0.39, 0.29) is 5.57 Å². The van der Waals surface area contributed by atoms with E-state index in [1.54, 1.807) is 24.3 Å². The van der Waals surface area contributed by atoms with Gasteiger partial charge in [0.15, 0.2) is 6.10 Å². The van der Waals surface area contributed by atoms with E-state index in [2.05, 4.69) is 5.32 Å². The lowest BCUT2D eigenvalue weighted by Gasteiger charge is -2.14. The minimum Gasteiger partial charge on any atom is -0.465 e. The molecule has 1 atom stereocenters. The van der Waals surface area contributed by atoms with E-state index in [0.29, 0.717) is 11.4 Å². The molecule has 134 valence electrons. The minimum absolute atomic E-state index is 0.255. The van der Waals surface area contributed by atoms with Crippen molar-refractivity contribution >= 4 is 34.4 Å². The maximum Gasteiger partial charge on any atom is 0.349 e. The molecule has 1 amide bonds. The summed E-state index contributed by atoms with van der Waals surface area (Å²) in [7, 11) is 0. The Morgan fingerprint density at radius 2 is 1.93 bits per heavy atom. The summed E-state index contributed by atoms with van der Waals surface area (Å²) in [6.07, 6.45) is 1.61. The number of nitrogens with one attached hydrogen (secondary N) is 1. The second kappa shape index (κ2) is 8.02. The SMILES string of the molecule is C[C@@H](OC(=O)/C(C#N)=C/c1ccco1)C(=O)Nc1cccc2ccccc12. The molecule has 2 aromatic carbocycles. The van der Waals surface area contributed by atoms with Gasteiger partial charge in [0.2, 0.25) is 0 Å². The Kier molecular flexibility index (Phi) is 5.33. The highest BCUT2D eigenvalue weighted by atomic mass is 16.5. The Balaban J connectivity index is 1.70. The van der Waals surface area contributed by atoms with Crippen molar-refractivity contribution in [1.29, 1.82) is 5.26 Å². The molecular formula is C21H16N2O4. The van der Waals surface area contributed by atoms with Crippen LogP contribution in [0.3, 0.4) is 0 Å². The van der Waals surface area contributed by atoms with Crippen molar-refractivity contribution in [2.45, 2.75) is 13.0 Å². The van der Waals surface area contributed by atoms with Gasteiger partial charge >= 0.3 is 5.97 Å².